The minimum atomic E-state index is 0.160. The zero-order valence-corrected chi connectivity index (χ0v) is 7.15. The Morgan fingerprint density at radius 2 is 2.36 bits per heavy atom. The molecule has 0 saturated carbocycles. The van der Waals surface area contributed by atoms with Crippen LogP contribution in [-0.2, 0) is 6.42 Å². The third kappa shape index (κ3) is 2.21. The quantitative estimate of drug-likeness (QED) is 0.718. The van der Waals surface area contributed by atoms with Crippen molar-refractivity contribution in [3.05, 3.63) is 34.3 Å². The highest BCUT2D eigenvalue weighted by atomic mass is 35.5. The zero-order valence-electron chi connectivity index (χ0n) is 6.39. The van der Waals surface area contributed by atoms with Crippen LogP contribution in [-0.4, -0.2) is 11.7 Å². The van der Waals surface area contributed by atoms with Gasteiger partial charge in [-0.05, 0) is 36.6 Å². The molecule has 2 heteroatoms. The van der Waals surface area contributed by atoms with Crippen molar-refractivity contribution in [2.75, 3.05) is 6.61 Å². The second-order valence-corrected chi connectivity index (χ2v) is 2.86. The molecule has 0 aliphatic heterocycles. The van der Waals surface area contributed by atoms with Gasteiger partial charge in [0.1, 0.15) is 0 Å². The van der Waals surface area contributed by atoms with Crippen LogP contribution in [0, 0.1) is 13.0 Å². The molecule has 0 unspecified atom stereocenters. The van der Waals surface area contributed by atoms with Crippen LogP contribution in [0.15, 0.2) is 12.1 Å². The normalized spacial score (nSPS) is 10.1. The first-order valence-electron chi connectivity index (χ1n) is 3.51. The molecule has 1 aromatic rings. The van der Waals surface area contributed by atoms with Gasteiger partial charge in [-0.2, -0.15) is 0 Å². The van der Waals surface area contributed by atoms with Crippen LogP contribution in [0.5, 0.6) is 0 Å². The molecule has 11 heavy (non-hydrogen) atoms. The first-order valence-corrected chi connectivity index (χ1v) is 3.89. The predicted octanol–water partition coefficient (Wildman–Crippen LogP) is 1.98. The number of aliphatic hydroxyl groups excluding tert-OH is 1. The van der Waals surface area contributed by atoms with Crippen LogP contribution in [0.2, 0.25) is 5.02 Å². The molecule has 1 aromatic carbocycles. The van der Waals surface area contributed by atoms with Crippen LogP contribution in [0.1, 0.15) is 11.1 Å². The first kappa shape index (κ1) is 8.57. The van der Waals surface area contributed by atoms with Crippen molar-refractivity contribution >= 4 is 11.6 Å². The summed E-state index contributed by atoms with van der Waals surface area (Å²) in [5, 5.41) is 9.34. The van der Waals surface area contributed by atoms with Gasteiger partial charge < -0.3 is 5.11 Å². The van der Waals surface area contributed by atoms with Crippen molar-refractivity contribution in [3.63, 3.8) is 0 Å². The van der Waals surface area contributed by atoms with Crippen LogP contribution in [0.25, 0.3) is 0 Å². The van der Waals surface area contributed by atoms with Crippen molar-refractivity contribution in [2.45, 2.75) is 13.3 Å². The summed E-state index contributed by atoms with van der Waals surface area (Å²) in [6.45, 7) is 2.07. The smallest absolute Gasteiger partial charge is 0.0471 e. The summed E-state index contributed by atoms with van der Waals surface area (Å²) in [7, 11) is 0. The average molecular weight is 170 g/mol. The van der Waals surface area contributed by atoms with Crippen LogP contribution < -0.4 is 0 Å². The van der Waals surface area contributed by atoms with E-state index >= 15 is 0 Å². The van der Waals surface area contributed by atoms with Gasteiger partial charge in [0.25, 0.3) is 0 Å². The third-order valence-corrected chi connectivity index (χ3v) is 1.94. The fourth-order valence-electron chi connectivity index (χ4n) is 0.856. The SMILES string of the molecule is Cc1[c]cc(CCO)cc1Cl. The van der Waals surface area contributed by atoms with Crippen molar-refractivity contribution in [3.8, 4) is 0 Å². The van der Waals surface area contributed by atoms with E-state index in [1.54, 1.807) is 0 Å². The molecule has 1 radical (unpaired) electrons. The molecule has 0 aromatic heterocycles. The molecule has 0 saturated heterocycles. The van der Waals surface area contributed by atoms with E-state index in [2.05, 4.69) is 6.07 Å². The summed E-state index contributed by atoms with van der Waals surface area (Å²) >= 11 is 5.84. The number of hydrogen-bond acceptors (Lipinski definition) is 1. The summed E-state index contributed by atoms with van der Waals surface area (Å²) in [6, 6.07) is 6.73. The number of halogens is 1. The van der Waals surface area contributed by atoms with Crippen LogP contribution in [0.4, 0.5) is 0 Å². The Hall–Kier alpha value is -0.530. The summed E-state index contributed by atoms with van der Waals surface area (Å²) < 4.78 is 0. The van der Waals surface area contributed by atoms with Crippen LogP contribution in [0.3, 0.4) is 0 Å². The van der Waals surface area contributed by atoms with E-state index in [9.17, 15) is 0 Å². The summed E-state index contributed by atoms with van der Waals surface area (Å²) in [4.78, 5) is 0. The summed E-state index contributed by atoms with van der Waals surface area (Å²) in [5.41, 5.74) is 1.98. The van der Waals surface area contributed by atoms with Gasteiger partial charge in [0.15, 0.2) is 0 Å². The van der Waals surface area contributed by atoms with E-state index in [-0.39, 0.29) is 6.61 Å². The molecule has 1 nitrogen and oxygen atoms in total. The summed E-state index contributed by atoms with van der Waals surface area (Å²) in [6.07, 6.45) is 0.649. The maximum atomic E-state index is 8.62. The standard InChI is InChI=1S/C9H10ClO/c1-7-2-3-8(4-5-11)6-9(7)10/h3,6,11H,4-5H2,1H3. The van der Waals surface area contributed by atoms with Gasteiger partial charge in [-0.25, -0.2) is 0 Å². The Morgan fingerprint density at radius 3 is 2.91 bits per heavy atom. The Bertz CT molecular complexity index is 245. The van der Waals surface area contributed by atoms with Crippen molar-refractivity contribution < 1.29 is 5.11 Å². The first-order chi connectivity index (χ1) is 5.24. The highest BCUT2D eigenvalue weighted by molar-refractivity contribution is 6.31. The number of benzene rings is 1. The van der Waals surface area contributed by atoms with E-state index in [0.717, 1.165) is 16.1 Å². The Labute approximate surface area is 71.6 Å². The molecule has 0 aliphatic rings. The Balaban J connectivity index is 2.86. The fraction of sp³-hybridized carbons (Fsp3) is 0.333. The molecule has 1 N–H and O–H groups in total. The van der Waals surface area contributed by atoms with E-state index in [1.807, 2.05) is 19.1 Å². The lowest BCUT2D eigenvalue weighted by atomic mass is 10.1. The number of aliphatic hydroxyl groups is 1. The van der Waals surface area contributed by atoms with E-state index < -0.39 is 0 Å². The molecule has 59 valence electrons. The van der Waals surface area contributed by atoms with E-state index in [1.165, 1.54) is 0 Å². The second kappa shape index (κ2) is 3.74. The Morgan fingerprint density at radius 1 is 1.64 bits per heavy atom. The molecule has 0 amide bonds. The van der Waals surface area contributed by atoms with Gasteiger partial charge >= 0.3 is 0 Å². The van der Waals surface area contributed by atoms with Crippen LogP contribution >= 0.6 is 11.6 Å². The van der Waals surface area contributed by atoms with Gasteiger partial charge in [-0.15, -0.1) is 0 Å². The summed E-state index contributed by atoms with van der Waals surface area (Å²) in [5.74, 6) is 0. The lowest BCUT2D eigenvalue weighted by Crippen LogP contribution is -1.90. The number of aryl methyl sites for hydroxylation is 1. The van der Waals surface area contributed by atoms with E-state index in [4.69, 9.17) is 16.7 Å². The maximum absolute atomic E-state index is 8.62. The highest BCUT2D eigenvalue weighted by Gasteiger charge is 1.96. The van der Waals surface area contributed by atoms with Gasteiger partial charge in [-0.3, -0.25) is 0 Å². The molecule has 0 spiro atoms. The van der Waals surface area contributed by atoms with Gasteiger partial charge in [-0.1, -0.05) is 17.7 Å². The lowest BCUT2D eigenvalue weighted by Gasteiger charge is -2.00. The Kier molecular flexibility index (Phi) is 2.92. The van der Waals surface area contributed by atoms with Gasteiger partial charge in [0.05, 0.1) is 0 Å². The number of rotatable bonds is 2. The van der Waals surface area contributed by atoms with Gasteiger partial charge in [0.2, 0.25) is 0 Å². The molecule has 0 aliphatic carbocycles. The topological polar surface area (TPSA) is 20.2 Å². The lowest BCUT2D eigenvalue weighted by molar-refractivity contribution is 0.299. The van der Waals surface area contributed by atoms with Crippen molar-refractivity contribution in [1.29, 1.82) is 0 Å². The second-order valence-electron chi connectivity index (χ2n) is 2.45. The molecule has 0 heterocycles. The minimum absolute atomic E-state index is 0.160. The molecule has 0 atom stereocenters. The van der Waals surface area contributed by atoms with Crippen molar-refractivity contribution in [1.82, 2.24) is 0 Å². The third-order valence-electron chi connectivity index (χ3n) is 1.54. The van der Waals surface area contributed by atoms with Crippen molar-refractivity contribution in [2.24, 2.45) is 0 Å². The molecular formula is C9H10ClO. The molecular weight excluding hydrogens is 160 g/mol. The van der Waals surface area contributed by atoms with Gasteiger partial charge in [0, 0.05) is 11.6 Å². The van der Waals surface area contributed by atoms with E-state index in [0.29, 0.717) is 6.42 Å². The average Bonchev–Trinajstić information content (AvgIpc) is 1.98. The highest BCUT2D eigenvalue weighted by Crippen LogP contribution is 2.15. The number of hydrogen-bond donors (Lipinski definition) is 1. The monoisotopic (exact) mass is 169 g/mol. The molecule has 0 fully saturated rings. The zero-order chi connectivity index (χ0) is 8.27. The maximum Gasteiger partial charge on any atom is 0.0471 e. The molecule has 0 bridgehead atoms. The fourth-order valence-corrected chi connectivity index (χ4v) is 1.05. The predicted molar refractivity (Wildman–Crippen MR) is 45.8 cm³/mol. The largest absolute Gasteiger partial charge is 0.396 e. The molecule has 1 rings (SSSR count). The minimum Gasteiger partial charge on any atom is -0.396 e.